The molecule has 146 valence electrons. The van der Waals surface area contributed by atoms with Crippen LogP contribution in [-0.2, 0) is 7.05 Å². The molecule has 0 fully saturated rings. The topological polar surface area (TPSA) is 64.2 Å². The van der Waals surface area contributed by atoms with E-state index in [2.05, 4.69) is 31.4 Å². The SMILES string of the molecule is Cc1c(/C=N/Nc2nc(-c3ccc(Br)cc3)cs2)c(=O)n(-c2ccccc2)n1C. The van der Waals surface area contributed by atoms with Crippen molar-refractivity contribution in [2.75, 3.05) is 5.43 Å². The molecule has 0 aliphatic carbocycles. The molecule has 0 unspecified atom stereocenters. The van der Waals surface area contributed by atoms with E-state index in [4.69, 9.17) is 0 Å². The maximum absolute atomic E-state index is 12.9. The first-order valence-electron chi connectivity index (χ1n) is 8.89. The summed E-state index contributed by atoms with van der Waals surface area (Å²) in [6.07, 6.45) is 1.55. The van der Waals surface area contributed by atoms with Crippen LogP contribution >= 0.6 is 27.3 Å². The number of hydrogen-bond acceptors (Lipinski definition) is 5. The maximum atomic E-state index is 12.9. The largest absolute Gasteiger partial charge is 0.285 e. The van der Waals surface area contributed by atoms with Crippen molar-refractivity contribution in [3.8, 4) is 16.9 Å². The molecule has 6 nitrogen and oxygen atoms in total. The summed E-state index contributed by atoms with van der Waals surface area (Å²) in [7, 11) is 1.86. The third-order valence-electron chi connectivity index (χ3n) is 4.60. The molecular formula is C21H18BrN5OS. The van der Waals surface area contributed by atoms with E-state index in [9.17, 15) is 4.79 Å². The molecule has 1 N–H and O–H groups in total. The minimum atomic E-state index is -0.114. The van der Waals surface area contributed by atoms with Crippen molar-refractivity contribution in [2.45, 2.75) is 6.92 Å². The molecule has 0 bridgehead atoms. The molecule has 0 radical (unpaired) electrons. The standard InChI is InChI=1S/C21H18BrN5OS/c1-14-18(20(28)27(26(14)2)17-6-4-3-5-7-17)12-23-25-21-24-19(13-29-21)15-8-10-16(22)11-9-15/h3-13H,1-2H3,(H,24,25)/b23-12+. The van der Waals surface area contributed by atoms with Gasteiger partial charge >= 0.3 is 0 Å². The number of benzene rings is 2. The number of anilines is 1. The first kappa shape index (κ1) is 19.4. The summed E-state index contributed by atoms with van der Waals surface area (Å²) in [6.45, 7) is 1.90. The zero-order valence-electron chi connectivity index (χ0n) is 15.8. The smallest absolute Gasteiger partial charge is 0.280 e. The molecule has 4 rings (SSSR count). The number of nitrogens with zero attached hydrogens (tertiary/aromatic N) is 4. The fourth-order valence-corrected chi connectivity index (χ4v) is 3.90. The second kappa shape index (κ2) is 8.18. The Balaban J connectivity index is 1.55. The van der Waals surface area contributed by atoms with Crippen molar-refractivity contribution in [1.29, 1.82) is 0 Å². The molecule has 0 amide bonds. The molecule has 4 aromatic rings. The lowest BCUT2D eigenvalue weighted by molar-refractivity contribution is 0.630. The van der Waals surface area contributed by atoms with Crippen LogP contribution in [0.25, 0.3) is 16.9 Å². The number of hydrazone groups is 1. The quantitative estimate of drug-likeness (QED) is 0.338. The van der Waals surface area contributed by atoms with E-state index < -0.39 is 0 Å². The molecule has 2 aromatic carbocycles. The fourth-order valence-electron chi connectivity index (χ4n) is 2.97. The minimum Gasteiger partial charge on any atom is -0.285 e. The van der Waals surface area contributed by atoms with E-state index in [1.807, 2.05) is 78.6 Å². The fraction of sp³-hybridized carbons (Fsp3) is 0.0952. The van der Waals surface area contributed by atoms with Gasteiger partial charge in [-0.1, -0.05) is 46.3 Å². The average molecular weight is 468 g/mol. The third kappa shape index (κ3) is 3.94. The Morgan fingerprint density at radius 2 is 1.86 bits per heavy atom. The highest BCUT2D eigenvalue weighted by Crippen LogP contribution is 2.26. The monoisotopic (exact) mass is 467 g/mol. The van der Waals surface area contributed by atoms with Crippen molar-refractivity contribution >= 4 is 38.6 Å². The number of nitrogens with one attached hydrogen (secondary N) is 1. The highest BCUT2D eigenvalue weighted by molar-refractivity contribution is 9.10. The van der Waals surface area contributed by atoms with Gasteiger partial charge in [-0.25, -0.2) is 9.67 Å². The first-order chi connectivity index (χ1) is 14.0. The summed E-state index contributed by atoms with van der Waals surface area (Å²) < 4.78 is 4.48. The Bertz CT molecular complexity index is 1220. The molecule has 0 aliphatic rings. The molecule has 0 atom stereocenters. The molecule has 0 aliphatic heterocycles. The zero-order chi connectivity index (χ0) is 20.4. The summed E-state index contributed by atoms with van der Waals surface area (Å²) in [5, 5.41) is 6.87. The van der Waals surface area contributed by atoms with Crippen LogP contribution in [0.3, 0.4) is 0 Å². The van der Waals surface area contributed by atoms with Crippen LogP contribution in [0.15, 0.2) is 74.3 Å². The van der Waals surface area contributed by atoms with E-state index in [0.29, 0.717) is 10.7 Å². The van der Waals surface area contributed by atoms with Crippen LogP contribution in [0.5, 0.6) is 0 Å². The van der Waals surface area contributed by atoms with Crippen molar-refractivity contribution < 1.29 is 0 Å². The molecule has 29 heavy (non-hydrogen) atoms. The van der Waals surface area contributed by atoms with Gasteiger partial charge in [0.1, 0.15) is 0 Å². The summed E-state index contributed by atoms with van der Waals surface area (Å²) in [5.41, 5.74) is 6.91. The van der Waals surface area contributed by atoms with E-state index >= 15 is 0 Å². The molecule has 2 aromatic heterocycles. The molecule has 0 saturated carbocycles. The average Bonchev–Trinajstić information content (AvgIpc) is 3.28. The molecule has 0 saturated heterocycles. The Morgan fingerprint density at radius 1 is 1.14 bits per heavy atom. The second-order valence-corrected chi connectivity index (χ2v) is 8.16. The molecule has 8 heteroatoms. The van der Waals surface area contributed by atoms with Crippen LogP contribution in [0.1, 0.15) is 11.3 Å². The Kier molecular flexibility index (Phi) is 5.46. The van der Waals surface area contributed by atoms with Gasteiger partial charge in [0.05, 0.1) is 23.2 Å². The van der Waals surface area contributed by atoms with Crippen molar-refractivity contribution in [2.24, 2.45) is 12.1 Å². The van der Waals surface area contributed by atoms with Gasteiger partial charge in [0.2, 0.25) is 5.13 Å². The van der Waals surface area contributed by atoms with Gasteiger partial charge in [0.25, 0.3) is 5.56 Å². The lowest BCUT2D eigenvalue weighted by atomic mass is 10.2. The third-order valence-corrected chi connectivity index (χ3v) is 5.87. The normalized spacial score (nSPS) is 11.3. The van der Waals surface area contributed by atoms with Crippen molar-refractivity contribution in [3.05, 3.63) is 86.1 Å². The first-order valence-corrected chi connectivity index (χ1v) is 10.6. The van der Waals surface area contributed by atoms with Gasteiger partial charge in [-0.2, -0.15) is 5.10 Å². The van der Waals surface area contributed by atoms with Crippen molar-refractivity contribution in [3.63, 3.8) is 0 Å². The lowest BCUT2D eigenvalue weighted by Gasteiger charge is -2.07. The zero-order valence-corrected chi connectivity index (χ0v) is 18.2. The number of halogens is 1. The Morgan fingerprint density at radius 3 is 2.59 bits per heavy atom. The Labute approximate surface area is 180 Å². The lowest BCUT2D eigenvalue weighted by Crippen LogP contribution is -2.20. The van der Waals surface area contributed by atoms with Crippen LogP contribution in [-0.4, -0.2) is 20.6 Å². The van der Waals surface area contributed by atoms with Crippen LogP contribution < -0.4 is 11.0 Å². The van der Waals surface area contributed by atoms with Gasteiger partial charge in [0.15, 0.2) is 0 Å². The minimum absolute atomic E-state index is 0.114. The van der Waals surface area contributed by atoms with Crippen molar-refractivity contribution in [1.82, 2.24) is 14.3 Å². The summed E-state index contributed by atoms with van der Waals surface area (Å²) in [6, 6.07) is 17.5. The molecule has 0 spiro atoms. The maximum Gasteiger partial charge on any atom is 0.280 e. The van der Waals surface area contributed by atoms with E-state index in [1.165, 1.54) is 11.3 Å². The van der Waals surface area contributed by atoms with Crippen LogP contribution in [0, 0.1) is 6.92 Å². The number of hydrogen-bond donors (Lipinski definition) is 1. The highest BCUT2D eigenvalue weighted by Gasteiger charge is 2.14. The van der Waals surface area contributed by atoms with E-state index in [-0.39, 0.29) is 5.56 Å². The summed E-state index contributed by atoms with van der Waals surface area (Å²) in [5.74, 6) is 0. The molecular weight excluding hydrogens is 450 g/mol. The Hall–Kier alpha value is -2.97. The van der Waals surface area contributed by atoms with Gasteiger partial charge in [-0.3, -0.25) is 14.9 Å². The number of para-hydroxylation sites is 1. The predicted molar refractivity (Wildman–Crippen MR) is 122 cm³/mol. The van der Waals surface area contributed by atoms with Gasteiger partial charge in [0, 0.05) is 28.2 Å². The van der Waals surface area contributed by atoms with E-state index in [1.54, 1.807) is 10.9 Å². The van der Waals surface area contributed by atoms with Gasteiger partial charge < -0.3 is 0 Å². The number of rotatable bonds is 5. The summed E-state index contributed by atoms with van der Waals surface area (Å²) in [4.78, 5) is 17.4. The molecule has 2 heterocycles. The number of thiazole rings is 1. The summed E-state index contributed by atoms with van der Waals surface area (Å²) >= 11 is 4.90. The van der Waals surface area contributed by atoms with Gasteiger partial charge in [-0.05, 0) is 31.2 Å². The highest BCUT2D eigenvalue weighted by atomic mass is 79.9. The van der Waals surface area contributed by atoms with Crippen LogP contribution in [0.2, 0.25) is 0 Å². The number of aromatic nitrogens is 3. The van der Waals surface area contributed by atoms with Crippen LogP contribution in [0.4, 0.5) is 5.13 Å². The second-order valence-electron chi connectivity index (χ2n) is 6.39. The van der Waals surface area contributed by atoms with E-state index in [0.717, 1.165) is 27.1 Å². The van der Waals surface area contributed by atoms with Gasteiger partial charge in [-0.15, -0.1) is 11.3 Å². The predicted octanol–water partition coefficient (Wildman–Crippen LogP) is 4.82.